The summed E-state index contributed by atoms with van der Waals surface area (Å²) in [5, 5.41) is 7.70. The summed E-state index contributed by atoms with van der Waals surface area (Å²) in [6, 6.07) is 0.765. The Bertz CT molecular complexity index is 389. The molecule has 4 saturated heterocycles. The minimum absolute atomic E-state index is 0.765. The molecule has 0 aromatic heterocycles. The van der Waals surface area contributed by atoms with Gasteiger partial charge in [0.05, 0.1) is 45.9 Å². The predicted molar refractivity (Wildman–Crippen MR) is 96.0 cm³/mol. The third kappa shape index (κ3) is 4.78. The lowest BCUT2D eigenvalue weighted by Gasteiger charge is -2.46. The summed E-state index contributed by atoms with van der Waals surface area (Å²) < 4.78 is 5.39. The van der Waals surface area contributed by atoms with Crippen molar-refractivity contribution in [1.82, 2.24) is 10.6 Å². The molecule has 0 aromatic rings. The highest BCUT2D eigenvalue weighted by atomic mass is 32.1. The molecule has 5 nitrogen and oxygen atoms in total. The second kappa shape index (κ2) is 8.60. The molecule has 0 radical (unpaired) electrons. The fourth-order valence-electron chi connectivity index (χ4n) is 4.67. The lowest BCUT2D eigenvalue weighted by atomic mass is 9.74. The average Bonchev–Trinajstić information content (AvgIpc) is 2.61. The minimum Gasteiger partial charge on any atom is -0.370 e. The number of rotatable bonds is 6. The zero-order valence-corrected chi connectivity index (χ0v) is 15.4. The van der Waals surface area contributed by atoms with E-state index in [1.54, 1.807) is 4.90 Å². The van der Waals surface area contributed by atoms with E-state index >= 15 is 0 Å². The van der Waals surface area contributed by atoms with Crippen LogP contribution in [0.3, 0.4) is 0 Å². The van der Waals surface area contributed by atoms with Crippen LogP contribution in [0.15, 0.2) is 0 Å². The molecule has 0 spiro atoms. The Kier molecular flexibility index (Phi) is 6.51. The average molecular weight is 343 g/mol. The number of hydrogen-bond donors (Lipinski definition) is 4. The highest BCUT2D eigenvalue weighted by Crippen LogP contribution is 2.28. The first-order valence-electron chi connectivity index (χ1n) is 9.53. The Morgan fingerprint density at radius 1 is 1.22 bits per heavy atom. The number of nitrogens with one attached hydrogen (secondary N) is 4. The number of ether oxygens (including phenoxy) is 1. The second-order valence-electron chi connectivity index (χ2n) is 7.51. The van der Waals surface area contributed by atoms with E-state index in [0.717, 1.165) is 68.9 Å². The van der Waals surface area contributed by atoms with E-state index in [1.165, 1.54) is 32.4 Å². The molecule has 132 valence electrons. The van der Waals surface area contributed by atoms with Crippen molar-refractivity contribution in [2.45, 2.75) is 32.2 Å². The molecule has 0 aliphatic carbocycles. The molecule has 0 amide bonds. The zero-order valence-electron chi connectivity index (χ0n) is 14.5. The molecular formula is C17H34N4OS+2. The minimum atomic E-state index is 0.765. The molecule has 4 atom stereocenters. The van der Waals surface area contributed by atoms with Gasteiger partial charge in [-0.25, -0.2) is 0 Å². The van der Waals surface area contributed by atoms with E-state index < -0.39 is 0 Å². The fraction of sp³-hybridized carbons (Fsp3) is 0.941. The van der Waals surface area contributed by atoms with Gasteiger partial charge < -0.3 is 25.2 Å². The van der Waals surface area contributed by atoms with E-state index in [4.69, 9.17) is 17.0 Å². The molecule has 0 saturated carbocycles. The van der Waals surface area contributed by atoms with Gasteiger partial charge in [-0.3, -0.25) is 0 Å². The van der Waals surface area contributed by atoms with E-state index in [-0.39, 0.29) is 0 Å². The van der Waals surface area contributed by atoms with E-state index in [2.05, 4.69) is 17.6 Å². The van der Waals surface area contributed by atoms with Crippen LogP contribution in [-0.4, -0.2) is 70.2 Å². The summed E-state index contributed by atoms with van der Waals surface area (Å²) in [4.78, 5) is 3.43. The van der Waals surface area contributed by atoms with Gasteiger partial charge in [0, 0.05) is 18.8 Å². The smallest absolute Gasteiger partial charge is 0.166 e. The van der Waals surface area contributed by atoms with Crippen LogP contribution < -0.4 is 20.4 Å². The maximum atomic E-state index is 5.46. The Morgan fingerprint density at radius 3 is 2.74 bits per heavy atom. The Labute approximate surface area is 146 Å². The first-order valence-corrected chi connectivity index (χ1v) is 9.94. The quantitative estimate of drug-likeness (QED) is 0.425. The van der Waals surface area contributed by atoms with E-state index in [9.17, 15) is 0 Å². The van der Waals surface area contributed by atoms with Gasteiger partial charge >= 0.3 is 0 Å². The maximum absolute atomic E-state index is 5.46. The van der Waals surface area contributed by atoms with Crippen LogP contribution in [0.5, 0.6) is 0 Å². The van der Waals surface area contributed by atoms with Crippen molar-refractivity contribution < 1.29 is 14.5 Å². The van der Waals surface area contributed by atoms with Crippen molar-refractivity contribution in [3.8, 4) is 0 Å². The van der Waals surface area contributed by atoms with Gasteiger partial charge in [0.1, 0.15) is 19.1 Å². The van der Waals surface area contributed by atoms with Crippen molar-refractivity contribution in [3.05, 3.63) is 0 Å². The second-order valence-corrected chi connectivity index (χ2v) is 7.92. The van der Waals surface area contributed by atoms with Gasteiger partial charge in [-0.2, -0.15) is 0 Å². The molecule has 6 heteroatoms. The van der Waals surface area contributed by atoms with Crippen molar-refractivity contribution in [1.29, 1.82) is 0 Å². The Hall–Kier alpha value is -0.430. The van der Waals surface area contributed by atoms with Gasteiger partial charge in [-0.05, 0) is 24.6 Å². The number of quaternary nitrogens is 2. The Balaban J connectivity index is 1.30. The number of thiocarbonyl (C=S) groups is 1. The summed E-state index contributed by atoms with van der Waals surface area (Å²) in [5.41, 5.74) is 0. The van der Waals surface area contributed by atoms with Crippen LogP contribution >= 0.6 is 12.2 Å². The first-order chi connectivity index (χ1) is 11.3. The molecule has 2 bridgehead atoms. The van der Waals surface area contributed by atoms with Crippen LogP contribution in [-0.2, 0) is 4.74 Å². The summed E-state index contributed by atoms with van der Waals surface area (Å²) in [6.07, 6.45) is 4.19. The number of morpholine rings is 1. The molecule has 4 rings (SSSR count). The molecule has 4 N–H and O–H groups in total. The number of fused-ring (bicyclic) bond motifs is 3. The first kappa shape index (κ1) is 17.4. The highest BCUT2D eigenvalue weighted by Gasteiger charge is 2.42. The molecule has 1 unspecified atom stereocenters. The van der Waals surface area contributed by atoms with Gasteiger partial charge in [-0.1, -0.05) is 6.92 Å². The maximum Gasteiger partial charge on any atom is 0.166 e. The molecule has 4 heterocycles. The van der Waals surface area contributed by atoms with Gasteiger partial charge in [-0.15, -0.1) is 0 Å². The summed E-state index contributed by atoms with van der Waals surface area (Å²) in [7, 11) is 0. The van der Waals surface area contributed by atoms with Crippen LogP contribution in [0.25, 0.3) is 0 Å². The highest BCUT2D eigenvalue weighted by molar-refractivity contribution is 7.80. The lowest BCUT2D eigenvalue weighted by Crippen LogP contribution is -3.20. The molecule has 4 aliphatic heterocycles. The van der Waals surface area contributed by atoms with Crippen LogP contribution in [0.4, 0.5) is 0 Å². The normalized spacial score (nSPS) is 34.3. The van der Waals surface area contributed by atoms with Gasteiger partial charge in [0.15, 0.2) is 5.11 Å². The monoisotopic (exact) mass is 342 g/mol. The summed E-state index contributed by atoms with van der Waals surface area (Å²) >= 11 is 5.46. The zero-order chi connectivity index (χ0) is 16.1. The van der Waals surface area contributed by atoms with Gasteiger partial charge in [0.25, 0.3) is 0 Å². The van der Waals surface area contributed by atoms with Crippen molar-refractivity contribution in [3.63, 3.8) is 0 Å². The lowest BCUT2D eigenvalue weighted by molar-refractivity contribution is -0.945. The van der Waals surface area contributed by atoms with Crippen molar-refractivity contribution in [2.75, 3.05) is 59.0 Å². The summed E-state index contributed by atoms with van der Waals surface area (Å²) in [6.45, 7) is 12.3. The third-order valence-corrected chi connectivity index (χ3v) is 6.48. The predicted octanol–water partition coefficient (Wildman–Crippen LogP) is -1.93. The van der Waals surface area contributed by atoms with Crippen LogP contribution in [0.1, 0.15) is 26.2 Å². The fourth-order valence-corrected chi connectivity index (χ4v) is 4.86. The van der Waals surface area contributed by atoms with Crippen molar-refractivity contribution >= 4 is 17.3 Å². The molecule has 0 aromatic carbocycles. The SMILES string of the molecule is CC[C@H]1C[NH+]2CC[C@H]1C[C@@H]2CNC(=S)NCC[NH+]1CCOCC1. The number of hydrogen-bond acceptors (Lipinski definition) is 2. The van der Waals surface area contributed by atoms with Gasteiger partial charge in [0.2, 0.25) is 0 Å². The third-order valence-electron chi connectivity index (χ3n) is 6.19. The standard InChI is InChI=1S/C17H32N4OS/c1-2-14-13-21-5-3-15(14)11-16(21)12-19-17(23)18-4-6-20-7-9-22-10-8-20/h14-16H,2-13H2,1H3,(H2,18,19,23)/p+2/t14-,15-,16+/m0/s1. The number of piperidine rings is 3. The van der Waals surface area contributed by atoms with Crippen LogP contribution in [0, 0.1) is 11.8 Å². The van der Waals surface area contributed by atoms with E-state index in [0.29, 0.717) is 0 Å². The summed E-state index contributed by atoms with van der Waals surface area (Å²) in [5.74, 6) is 1.94. The van der Waals surface area contributed by atoms with E-state index in [1.807, 2.05) is 4.90 Å². The topological polar surface area (TPSA) is 42.2 Å². The van der Waals surface area contributed by atoms with Crippen molar-refractivity contribution in [2.24, 2.45) is 11.8 Å². The largest absolute Gasteiger partial charge is 0.370 e. The Morgan fingerprint density at radius 2 is 2.04 bits per heavy atom. The molecule has 4 fully saturated rings. The molecular weight excluding hydrogens is 308 g/mol. The molecule has 23 heavy (non-hydrogen) atoms. The van der Waals surface area contributed by atoms with Crippen LogP contribution in [0.2, 0.25) is 0 Å². The molecule has 4 aliphatic rings.